The van der Waals surface area contributed by atoms with E-state index in [9.17, 15) is 26.4 Å². The van der Waals surface area contributed by atoms with Gasteiger partial charge in [0.05, 0.1) is 9.79 Å². The van der Waals surface area contributed by atoms with Crippen LogP contribution in [0, 0.1) is 0 Å². The molecule has 12 heteroatoms. The maximum atomic E-state index is 12.7. The summed E-state index contributed by atoms with van der Waals surface area (Å²) in [5, 5.41) is 0. The molecular weight excluding hydrogens is 424 g/mol. The maximum absolute atomic E-state index is 12.7. The number of carbonyl (C=O) groups is 2. The van der Waals surface area contributed by atoms with Crippen molar-refractivity contribution in [3.63, 3.8) is 0 Å². The van der Waals surface area contributed by atoms with Gasteiger partial charge in [0.15, 0.2) is 0 Å². The molecule has 0 radical (unpaired) electrons. The van der Waals surface area contributed by atoms with Crippen LogP contribution in [0.25, 0.3) is 5.53 Å². The van der Waals surface area contributed by atoms with Crippen molar-refractivity contribution < 1.29 is 40.7 Å². The number of benzene rings is 2. The summed E-state index contributed by atoms with van der Waals surface area (Å²) in [5.74, 6) is -1.17. The molecule has 0 atom stereocenters. The van der Waals surface area contributed by atoms with E-state index in [0.717, 1.165) is 62.4 Å². The summed E-state index contributed by atoms with van der Waals surface area (Å²) in [6.45, 7) is 2.31. The average molecular weight is 438 g/mol. The highest BCUT2D eigenvalue weighted by Crippen LogP contribution is 2.24. The Bertz CT molecular complexity index is 1120. The molecular formula is C17H14N2O8S2. The quantitative estimate of drug-likeness (QED) is 0.173. The van der Waals surface area contributed by atoms with E-state index in [0.29, 0.717) is 0 Å². The van der Waals surface area contributed by atoms with Crippen LogP contribution in [-0.2, 0) is 29.3 Å². The third kappa shape index (κ3) is 4.93. The summed E-state index contributed by atoms with van der Waals surface area (Å²) in [4.78, 5) is 23.3. The highest BCUT2D eigenvalue weighted by molar-refractivity contribution is 8.31. The van der Waals surface area contributed by atoms with Crippen molar-refractivity contribution in [1.82, 2.24) is 0 Å². The van der Waals surface area contributed by atoms with Gasteiger partial charge in [-0.1, -0.05) is 0 Å². The van der Waals surface area contributed by atoms with E-state index in [1.807, 2.05) is 0 Å². The zero-order valence-corrected chi connectivity index (χ0v) is 16.7. The molecule has 152 valence electrons. The predicted molar refractivity (Wildman–Crippen MR) is 98.5 cm³/mol. The highest BCUT2D eigenvalue weighted by atomic mass is 32.3. The molecule has 2 aromatic carbocycles. The second-order valence-corrected chi connectivity index (χ2v) is 9.49. The minimum Gasteiger partial charge on any atom is -0.427 e. The molecule has 0 aliphatic heterocycles. The van der Waals surface area contributed by atoms with Gasteiger partial charge in [0.25, 0.3) is 19.7 Å². The molecule has 0 aromatic heterocycles. The lowest BCUT2D eigenvalue weighted by Gasteiger charge is -2.05. The maximum Gasteiger partial charge on any atom is 0.504 e. The highest BCUT2D eigenvalue weighted by Gasteiger charge is 2.44. The van der Waals surface area contributed by atoms with Crippen LogP contribution in [0.2, 0.25) is 0 Å². The predicted octanol–water partition coefficient (Wildman–Crippen LogP) is 1.37. The smallest absolute Gasteiger partial charge is 0.427 e. The van der Waals surface area contributed by atoms with Crippen LogP contribution in [0.5, 0.6) is 11.5 Å². The molecule has 10 nitrogen and oxygen atoms in total. The Balaban J connectivity index is 2.43. The van der Waals surface area contributed by atoms with Gasteiger partial charge in [-0.3, -0.25) is 9.59 Å². The van der Waals surface area contributed by atoms with E-state index < -0.39 is 45.8 Å². The Morgan fingerprint density at radius 3 is 1.28 bits per heavy atom. The van der Waals surface area contributed by atoms with E-state index in [1.165, 1.54) is 0 Å². The summed E-state index contributed by atoms with van der Waals surface area (Å²) in [6, 6.07) is 8.56. The number of nitrogens with zero attached hydrogens (tertiary/aromatic N) is 2. The molecule has 0 unspecified atom stereocenters. The van der Waals surface area contributed by atoms with E-state index in [2.05, 4.69) is 4.79 Å². The van der Waals surface area contributed by atoms with Gasteiger partial charge in [-0.2, -0.15) is 0 Å². The molecule has 0 heterocycles. The lowest BCUT2D eigenvalue weighted by molar-refractivity contribution is -0.132. The third-order valence-corrected chi connectivity index (χ3v) is 7.52. The van der Waals surface area contributed by atoms with Crippen LogP contribution in [0.4, 0.5) is 0 Å². The molecule has 2 aromatic rings. The Morgan fingerprint density at radius 1 is 0.724 bits per heavy atom. The third-order valence-electron chi connectivity index (χ3n) is 3.33. The van der Waals surface area contributed by atoms with Crippen molar-refractivity contribution in [3.05, 3.63) is 54.1 Å². The first-order valence-corrected chi connectivity index (χ1v) is 10.7. The van der Waals surface area contributed by atoms with E-state index >= 15 is 0 Å². The molecule has 0 bridgehead atoms. The molecule has 29 heavy (non-hydrogen) atoms. The van der Waals surface area contributed by atoms with Crippen molar-refractivity contribution in [2.45, 2.75) is 23.6 Å². The lowest BCUT2D eigenvalue weighted by Crippen LogP contribution is -2.26. The first-order chi connectivity index (χ1) is 13.5. The van der Waals surface area contributed by atoms with E-state index in [1.54, 1.807) is 0 Å². The number of ether oxygens (including phenoxy) is 2. The van der Waals surface area contributed by atoms with Crippen LogP contribution in [-0.4, -0.2) is 37.9 Å². The van der Waals surface area contributed by atoms with Crippen molar-refractivity contribution in [3.8, 4) is 11.5 Å². The number of carbonyl (C=O) groups excluding carboxylic acids is 2. The zero-order valence-electron chi connectivity index (χ0n) is 15.1. The van der Waals surface area contributed by atoms with Crippen LogP contribution in [0.15, 0.2) is 58.3 Å². The molecule has 2 rings (SSSR count). The Kier molecular flexibility index (Phi) is 6.32. The van der Waals surface area contributed by atoms with Crippen LogP contribution in [0.3, 0.4) is 0 Å². The Labute approximate surface area is 166 Å². The second-order valence-electron chi connectivity index (χ2n) is 5.50. The standard InChI is InChI=1S/C17H14N2O8S2/c1-11(20)26-13-3-7-15(8-4-13)28(22,23)17(19-18)29(24,25)16-9-5-14(6-10-16)27-12(2)21/h3-10H,1-2H3. The summed E-state index contributed by atoms with van der Waals surface area (Å²) >= 11 is 0. The molecule has 0 saturated heterocycles. The van der Waals surface area contributed by atoms with Gasteiger partial charge in [-0.05, 0) is 48.5 Å². The number of sulfone groups is 2. The minimum absolute atomic E-state index is 0.0443. The molecule has 0 saturated carbocycles. The molecule has 0 aliphatic carbocycles. The SMILES string of the molecule is CC(=O)Oc1ccc(S(=O)(=O)C(=[N+]=[N-])S(=O)(=O)c2ccc(OC(C)=O)cc2)cc1. The van der Waals surface area contributed by atoms with E-state index in [-0.39, 0.29) is 11.5 Å². The molecule has 0 aliphatic rings. The van der Waals surface area contributed by atoms with Gasteiger partial charge < -0.3 is 15.0 Å². The van der Waals surface area contributed by atoms with Gasteiger partial charge >= 0.3 is 16.3 Å². The first kappa shape index (κ1) is 22.0. The minimum atomic E-state index is -4.75. The summed E-state index contributed by atoms with van der Waals surface area (Å²) < 4.78 is 58.8. The fourth-order valence-corrected chi connectivity index (χ4v) is 5.50. The van der Waals surface area contributed by atoms with Crippen LogP contribution >= 0.6 is 0 Å². The van der Waals surface area contributed by atoms with Crippen molar-refractivity contribution in [2.24, 2.45) is 0 Å². The number of esters is 2. The summed E-state index contributed by atoms with van der Waals surface area (Å²) in [5.41, 5.74) is 9.16. The Hall–Kier alpha value is -3.34. The van der Waals surface area contributed by atoms with E-state index in [4.69, 9.17) is 15.0 Å². The molecule has 0 spiro atoms. The van der Waals surface area contributed by atoms with Gasteiger partial charge in [0.1, 0.15) is 11.5 Å². The zero-order chi connectivity index (χ0) is 21.8. The van der Waals surface area contributed by atoms with Crippen molar-refractivity contribution >= 4 is 36.0 Å². The van der Waals surface area contributed by atoms with Crippen molar-refractivity contribution in [1.29, 1.82) is 0 Å². The topological polar surface area (TPSA) is 157 Å². The van der Waals surface area contributed by atoms with Crippen LogP contribution < -0.4 is 9.47 Å². The average Bonchev–Trinajstić information content (AvgIpc) is 2.61. The molecule has 0 fully saturated rings. The number of rotatable bonds is 4. The number of hydrogen-bond donors (Lipinski definition) is 0. The largest absolute Gasteiger partial charge is 0.504 e. The number of hydrogen-bond acceptors (Lipinski definition) is 8. The monoisotopic (exact) mass is 438 g/mol. The summed E-state index contributed by atoms with van der Waals surface area (Å²) in [6.07, 6.45) is 0. The first-order valence-electron chi connectivity index (χ1n) is 7.77. The lowest BCUT2D eigenvalue weighted by atomic mass is 10.3. The van der Waals surface area contributed by atoms with Crippen LogP contribution in [0.1, 0.15) is 13.8 Å². The summed E-state index contributed by atoms with van der Waals surface area (Å²) in [7, 11) is -9.49. The van der Waals surface area contributed by atoms with Gasteiger partial charge in [-0.15, -0.1) is 4.79 Å². The normalized spacial score (nSPS) is 11.2. The fourth-order valence-electron chi connectivity index (χ4n) is 2.16. The van der Waals surface area contributed by atoms with Crippen molar-refractivity contribution in [2.75, 3.05) is 0 Å². The fraction of sp³-hybridized carbons (Fsp3) is 0.118. The molecule has 0 N–H and O–H groups in total. The Morgan fingerprint density at radius 2 is 1.03 bits per heavy atom. The van der Waals surface area contributed by atoms with Gasteiger partial charge in [-0.25, -0.2) is 16.8 Å². The van der Waals surface area contributed by atoms with Gasteiger partial charge in [0.2, 0.25) is 0 Å². The molecule has 0 amide bonds. The van der Waals surface area contributed by atoms with Gasteiger partial charge in [0, 0.05) is 13.8 Å². The second kappa shape index (κ2) is 8.35.